The van der Waals surface area contributed by atoms with Gasteiger partial charge >= 0.3 is 0 Å². The quantitative estimate of drug-likeness (QED) is 0.254. The molecule has 2 aromatic rings. The zero-order valence-corrected chi connectivity index (χ0v) is 18.1. The molecule has 0 aromatic heterocycles. The van der Waals surface area contributed by atoms with Gasteiger partial charge in [-0.25, -0.2) is 13.2 Å². The number of hydrogen-bond donors (Lipinski definition) is 5. The number of amides is 1. The molecule has 0 radical (unpaired) electrons. The molecule has 0 saturated carbocycles. The summed E-state index contributed by atoms with van der Waals surface area (Å²) in [4.78, 5) is 25.4. The van der Waals surface area contributed by atoms with Gasteiger partial charge in [0.1, 0.15) is 18.0 Å². The molecule has 1 fully saturated rings. The Balaban J connectivity index is 1.97. The van der Waals surface area contributed by atoms with E-state index in [-0.39, 0.29) is 5.69 Å². The van der Waals surface area contributed by atoms with Crippen molar-refractivity contribution in [3.05, 3.63) is 56.9 Å². The largest absolute Gasteiger partial charge is 0.394 e. The maximum atomic E-state index is 14.6. The summed E-state index contributed by atoms with van der Waals surface area (Å²) < 4.78 is 43.3. The van der Waals surface area contributed by atoms with Gasteiger partial charge in [-0.3, -0.25) is 9.59 Å². The molecular weight excluding hydrogens is 530 g/mol. The molecule has 1 aliphatic heterocycles. The van der Waals surface area contributed by atoms with Crippen LogP contribution in [-0.4, -0.2) is 53.7 Å². The third-order valence-corrected chi connectivity index (χ3v) is 5.53. The summed E-state index contributed by atoms with van der Waals surface area (Å²) >= 11 is 1.87. The molecule has 0 bridgehead atoms. The lowest BCUT2D eigenvalue weighted by Crippen LogP contribution is -2.57. The molecule has 1 heterocycles. The summed E-state index contributed by atoms with van der Waals surface area (Å²) in [5.41, 5.74) is -1.29. The molecule has 0 spiro atoms. The fourth-order valence-corrected chi connectivity index (χ4v) is 3.41. The monoisotopic (exact) mass is 549 g/mol. The van der Waals surface area contributed by atoms with Crippen LogP contribution in [0.25, 0.3) is 0 Å². The first-order chi connectivity index (χ1) is 14.7. The first kappa shape index (κ1) is 23.4. The molecule has 7 nitrogen and oxygen atoms in total. The van der Waals surface area contributed by atoms with Crippen LogP contribution in [0.1, 0.15) is 10.4 Å². The van der Waals surface area contributed by atoms with E-state index in [9.17, 15) is 33.0 Å². The van der Waals surface area contributed by atoms with Crippen LogP contribution in [0, 0.1) is 26.9 Å². The summed E-state index contributed by atoms with van der Waals surface area (Å²) in [7, 11) is 0. The second-order valence-electron chi connectivity index (χ2n) is 6.99. The number of anilines is 2. The van der Waals surface area contributed by atoms with E-state index in [4.69, 9.17) is 0 Å². The van der Waals surface area contributed by atoms with Crippen LogP contribution >= 0.6 is 22.6 Å². The fourth-order valence-electron chi connectivity index (χ4n) is 2.96. The molecule has 3 rings (SSSR count). The Hall–Kier alpha value is -2.22. The number of aliphatic hydroxyl groups excluding tert-OH is 2. The maximum absolute atomic E-state index is 14.6. The van der Waals surface area contributed by atoms with Crippen molar-refractivity contribution in [3.8, 4) is 0 Å². The lowest BCUT2D eigenvalue weighted by molar-refractivity contribution is -0.127. The maximum Gasteiger partial charge on any atom is 0.226 e. The van der Waals surface area contributed by atoms with Gasteiger partial charge < -0.3 is 26.2 Å². The second kappa shape index (κ2) is 9.94. The Labute approximate surface area is 189 Å². The van der Waals surface area contributed by atoms with Crippen LogP contribution in [0.15, 0.2) is 30.3 Å². The number of halogens is 4. The fraction of sp³-hybridized carbons (Fsp3) is 0.300. The lowest BCUT2D eigenvalue weighted by atomic mass is 9.95. The highest BCUT2D eigenvalue weighted by molar-refractivity contribution is 14.1. The SMILES string of the molecule is O=C(NC(C(=O)c1ccc(F)c(F)c1Nc1ccc(I)cc1F)C(O)CO)C1CNC1. The summed E-state index contributed by atoms with van der Waals surface area (Å²) in [5.74, 6) is -5.42. The minimum Gasteiger partial charge on any atom is -0.394 e. The smallest absolute Gasteiger partial charge is 0.226 e. The summed E-state index contributed by atoms with van der Waals surface area (Å²) in [6.07, 6.45) is -1.69. The first-order valence-corrected chi connectivity index (χ1v) is 10.3. The lowest BCUT2D eigenvalue weighted by Gasteiger charge is -2.29. The van der Waals surface area contributed by atoms with Gasteiger partial charge in [-0.2, -0.15) is 0 Å². The average Bonchev–Trinajstić information content (AvgIpc) is 2.69. The van der Waals surface area contributed by atoms with Gasteiger partial charge in [0.05, 0.1) is 23.9 Å². The van der Waals surface area contributed by atoms with Crippen LogP contribution < -0.4 is 16.0 Å². The highest BCUT2D eigenvalue weighted by Gasteiger charge is 2.35. The average molecular weight is 549 g/mol. The van der Waals surface area contributed by atoms with Crippen molar-refractivity contribution in [2.24, 2.45) is 5.92 Å². The predicted molar refractivity (Wildman–Crippen MR) is 114 cm³/mol. The van der Waals surface area contributed by atoms with Crippen LogP contribution in [0.5, 0.6) is 0 Å². The van der Waals surface area contributed by atoms with E-state index in [2.05, 4.69) is 16.0 Å². The molecule has 11 heteroatoms. The molecule has 2 aromatic carbocycles. The Morgan fingerprint density at radius 2 is 1.87 bits per heavy atom. The molecule has 2 unspecified atom stereocenters. The third kappa shape index (κ3) is 5.17. The minimum atomic E-state index is -1.69. The topological polar surface area (TPSA) is 111 Å². The number of carbonyl (C=O) groups excluding carboxylic acids is 2. The molecular formula is C20H19F3IN3O4. The number of Topliss-reactive ketones (excluding diaryl/α,β-unsaturated/α-hetero) is 1. The molecule has 1 amide bonds. The van der Waals surface area contributed by atoms with Crippen molar-refractivity contribution in [2.75, 3.05) is 25.0 Å². The molecule has 2 atom stereocenters. The zero-order valence-electron chi connectivity index (χ0n) is 16.0. The van der Waals surface area contributed by atoms with Crippen molar-refractivity contribution in [1.29, 1.82) is 0 Å². The molecule has 1 saturated heterocycles. The van der Waals surface area contributed by atoms with E-state index in [0.717, 1.165) is 12.1 Å². The van der Waals surface area contributed by atoms with Crippen molar-refractivity contribution in [3.63, 3.8) is 0 Å². The van der Waals surface area contributed by atoms with Crippen molar-refractivity contribution in [2.45, 2.75) is 12.1 Å². The van der Waals surface area contributed by atoms with Gasteiger partial charge in [0.2, 0.25) is 5.91 Å². The first-order valence-electron chi connectivity index (χ1n) is 9.27. The number of rotatable bonds is 8. The van der Waals surface area contributed by atoms with E-state index in [1.165, 1.54) is 12.1 Å². The predicted octanol–water partition coefficient (Wildman–Crippen LogP) is 1.69. The highest BCUT2D eigenvalue weighted by atomic mass is 127. The van der Waals surface area contributed by atoms with Gasteiger partial charge in [0, 0.05) is 22.2 Å². The summed E-state index contributed by atoms with van der Waals surface area (Å²) in [5, 5.41) is 27.0. The number of hydrogen-bond acceptors (Lipinski definition) is 6. The van der Waals surface area contributed by atoms with E-state index in [1.807, 2.05) is 22.6 Å². The van der Waals surface area contributed by atoms with Crippen molar-refractivity contribution in [1.82, 2.24) is 10.6 Å². The molecule has 166 valence electrons. The third-order valence-electron chi connectivity index (χ3n) is 4.86. The number of ketones is 1. The molecule has 5 N–H and O–H groups in total. The Kier molecular flexibility index (Phi) is 7.51. The van der Waals surface area contributed by atoms with Gasteiger partial charge in [0.25, 0.3) is 0 Å². The van der Waals surface area contributed by atoms with Gasteiger partial charge in [0.15, 0.2) is 17.4 Å². The van der Waals surface area contributed by atoms with E-state index < -0.39 is 65.1 Å². The number of nitrogens with one attached hydrogen (secondary N) is 3. The van der Waals surface area contributed by atoms with E-state index in [0.29, 0.717) is 22.7 Å². The van der Waals surface area contributed by atoms with Crippen molar-refractivity contribution < 1.29 is 33.0 Å². The highest BCUT2D eigenvalue weighted by Crippen LogP contribution is 2.29. The van der Waals surface area contributed by atoms with Crippen LogP contribution in [0.3, 0.4) is 0 Å². The molecule has 31 heavy (non-hydrogen) atoms. The normalized spacial score (nSPS) is 15.7. The van der Waals surface area contributed by atoms with Crippen LogP contribution in [0.4, 0.5) is 24.5 Å². The Bertz CT molecular complexity index is 1000. The van der Waals surface area contributed by atoms with Gasteiger partial charge in [-0.15, -0.1) is 0 Å². The van der Waals surface area contributed by atoms with Crippen molar-refractivity contribution >= 4 is 45.7 Å². The Morgan fingerprint density at radius 3 is 2.45 bits per heavy atom. The molecule has 0 aliphatic carbocycles. The molecule has 1 aliphatic rings. The van der Waals surface area contributed by atoms with Gasteiger partial charge in [-0.05, 0) is 52.9 Å². The van der Waals surface area contributed by atoms with Crippen LogP contribution in [0.2, 0.25) is 0 Å². The number of aliphatic hydroxyl groups is 2. The number of carbonyl (C=O) groups is 2. The van der Waals surface area contributed by atoms with Crippen LogP contribution in [-0.2, 0) is 4.79 Å². The Morgan fingerprint density at radius 1 is 1.16 bits per heavy atom. The van der Waals surface area contributed by atoms with Gasteiger partial charge in [-0.1, -0.05) is 0 Å². The summed E-state index contributed by atoms with van der Waals surface area (Å²) in [6, 6.07) is 4.02. The standard InChI is InChI=1S/C20H19F3IN3O4/c21-12-3-2-11(17(16(12)23)26-14-4-1-10(24)5-13(14)22)19(30)18(15(29)8-28)27-20(31)9-6-25-7-9/h1-5,9,15,18,25-26,28-29H,6-8H2,(H,27,31). The number of benzene rings is 2. The van der Waals surface area contributed by atoms with E-state index >= 15 is 0 Å². The van der Waals surface area contributed by atoms with E-state index in [1.54, 1.807) is 0 Å². The minimum absolute atomic E-state index is 0.206. The second-order valence-corrected chi connectivity index (χ2v) is 8.23. The zero-order chi connectivity index (χ0) is 22.7. The summed E-state index contributed by atoms with van der Waals surface area (Å²) in [6.45, 7) is -0.101.